The number of aryl methyl sites for hydroxylation is 1. The summed E-state index contributed by atoms with van der Waals surface area (Å²) in [5, 5.41) is 14.4. The third kappa shape index (κ3) is 6.91. The van der Waals surface area contributed by atoms with Crippen LogP contribution in [0.1, 0.15) is 42.4 Å². The van der Waals surface area contributed by atoms with Crippen LogP contribution in [0, 0.1) is 0 Å². The highest BCUT2D eigenvalue weighted by atomic mass is 32.1. The quantitative estimate of drug-likeness (QED) is 0.236. The van der Waals surface area contributed by atoms with Gasteiger partial charge in [0, 0.05) is 39.0 Å². The number of fused-ring (bicyclic) bond motifs is 2. The molecule has 1 aromatic heterocycles. The monoisotopic (exact) mass is 678 g/mol. The van der Waals surface area contributed by atoms with Crippen LogP contribution in [0.3, 0.4) is 0 Å². The topological polar surface area (TPSA) is 101 Å². The third-order valence-corrected chi connectivity index (χ3v) is 10.8. The van der Waals surface area contributed by atoms with E-state index >= 15 is 0 Å². The summed E-state index contributed by atoms with van der Waals surface area (Å²) in [6, 6.07) is 21.9. The second kappa shape index (κ2) is 14.4. The molecule has 0 bridgehead atoms. The van der Waals surface area contributed by atoms with Crippen molar-refractivity contribution < 1.29 is 19.5 Å². The minimum Gasteiger partial charge on any atom is -0.508 e. The molecule has 0 spiro atoms. The SMILES string of the molecule is C=CCN1CC(=O)N2[C@@H](Cc3ccc(O)cc3)C(=O)N(Cc3cccc4sc(N5CCCCC5)nc34)C[C@@H]2N1C(=O)CCc1ccccc1. The summed E-state index contributed by atoms with van der Waals surface area (Å²) >= 11 is 1.69. The minimum atomic E-state index is -0.829. The number of hydrazine groups is 1. The molecule has 3 amide bonds. The number of aromatic hydroxyl groups is 1. The van der Waals surface area contributed by atoms with Crippen LogP contribution in [0.4, 0.5) is 5.13 Å². The zero-order valence-corrected chi connectivity index (χ0v) is 28.4. The number of para-hydroxylation sites is 1. The van der Waals surface area contributed by atoms with Gasteiger partial charge in [-0.1, -0.05) is 72.0 Å². The number of thiazole rings is 1. The largest absolute Gasteiger partial charge is 0.508 e. The van der Waals surface area contributed by atoms with Gasteiger partial charge in [-0.3, -0.25) is 14.4 Å². The number of piperazine rings is 1. The van der Waals surface area contributed by atoms with Crippen LogP contribution < -0.4 is 4.90 Å². The number of anilines is 1. The lowest BCUT2D eigenvalue weighted by molar-refractivity contribution is -0.205. The molecule has 3 aromatic carbocycles. The Bertz CT molecular complexity index is 1820. The molecular formula is C38H42N6O4S. The first-order valence-electron chi connectivity index (χ1n) is 17.1. The summed E-state index contributed by atoms with van der Waals surface area (Å²) in [4.78, 5) is 53.5. The van der Waals surface area contributed by atoms with Crippen molar-refractivity contribution in [2.24, 2.45) is 0 Å². The maximum absolute atomic E-state index is 14.5. The molecule has 3 aliphatic rings. The van der Waals surface area contributed by atoms with E-state index in [2.05, 4.69) is 17.5 Å². The third-order valence-electron chi connectivity index (χ3n) is 9.74. The molecule has 254 valence electrons. The molecule has 4 heterocycles. The number of amides is 3. The Balaban J connectivity index is 1.23. The van der Waals surface area contributed by atoms with Crippen LogP contribution in [0.25, 0.3) is 10.2 Å². The first-order chi connectivity index (χ1) is 23.9. The fourth-order valence-electron chi connectivity index (χ4n) is 7.32. The van der Waals surface area contributed by atoms with E-state index in [4.69, 9.17) is 4.98 Å². The zero-order valence-electron chi connectivity index (χ0n) is 27.6. The number of piperidine rings is 1. The Morgan fingerprint density at radius 3 is 2.49 bits per heavy atom. The first-order valence-corrected chi connectivity index (χ1v) is 17.9. The van der Waals surface area contributed by atoms with Crippen molar-refractivity contribution >= 4 is 44.4 Å². The molecule has 0 radical (unpaired) electrons. The van der Waals surface area contributed by atoms with E-state index in [0.717, 1.165) is 58.0 Å². The van der Waals surface area contributed by atoms with Crippen molar-refractivity contribution in [3.8, 4) is 5.75 Å². The average Bonchev–Trinajstić information content (AvgIpc) is 3.57. The summed E-state index contributed by atoms with van der Waals surface area (Å²) in [5.41, 5.74) is 3.70. The fraction of sp³-hybridized carbons (Fsp3) is 0.368. The maximum Gasteiger partial charge on any atom is 0.246 e. The molecule has 3 saturated heterocycles. The van der Waals surface area contributed by atoms with Crippen molar-refractivity contribution in [1.29, 1.82) is 0 Å². The molecule has 10 nitrogen and oxygen atoms in total. The van der Waals surface area contributed by atoms with Crippen molar-refractivity contribution in [2.75, 3.05) is 37.6 Å². The Kier molecular flexibility index (Phi) is 9.63. The van der Waals surface area contributed by atoms with E-state index in [1.807, 2.05) is 42.5 Å². The normalized spacial score (nSPS) is 20.2. The van der Waals surface area contributed by atoms with Crippen LogP contribution in [0.15, 0.2) is 85.5 Å². The van der Waals surface area contributed by atoms with Gasteiger partial charge >= 0.3 is 0 Å². The van der Waals surface area contributed by atoms with Gasteiger partial charge < -0.3 is 19.8 Å². The van der Waals surface area contributed by atoms with E-state index in [1.54, 1.807) is 61.5 Å². The molecular weight excluding hydrogens is 637 g/mol. The van der Waals surface area contributed by atoms with Gasteiger partial charge in [0.2, 0.25) is 17.7 Å². The first kappa shape index (κ1) is 32.8. The molecule has 4 aromatic rings. The van der Waals surface area contributed by atoms with Gasteiger partial charge in [0.05, 0.1) is 23.3 Å². The second-order valence-electron chi connectivity index (χ2n) is 13.1. The average molecular weight is 679 g/mol. The highest BCUT2D eigenvalue weighted by Gasteiger charge is 2.51. The second-order valence-corrected chi connectivity index (χ2v) is 14.1. The molecule has 0 saturated carbocycles. The molecule has 1 N–H and O–H groups in total. The van der Waals surface area contributed by atoms with E-state index in [-0.39, 0.29) is 49.4 Å². The molecule has 11 heteroatoms. The van der Waals surface area contributed by atoms with Gasteiger partial charge in [-0.25, -0.2) is 15.0 Å². The number of phenolic OH excluding ortho intramolecular Hbond substituents is 1. The predicted octanol–water partition coefficient (Wildman–Crippen LogP) is 4.98. The number of carbonyl (C=O) groups excluding carboxylic acids is 3. The lowest BCUT2D eigenvalue weighted by Crippen LogP contribution is -2.75. The number of aromatic nitrogens is 1. The number of hydrogen-bond acceptors (Lipinski definition) is 8. The fourth-order valence-corrected chi connectivity index (χ4v) is 8.38. The van der Waals surface area contributed by atoms with Crippen molar-refractivity contribution in [3.05, 3.63) is 102 Å². The zero-order chi connectivity index (χ0) is 33.9. The maximum atomic E-state index is 14.5. The van der Waals surface area contributed by atoms with Crippen LogP contribution in [0.2, 0.25) is 0 Å². The van der Waals surface area contributed by atoms with Gasteiger partial charge in [-0.05, 0) is 60.6 Å². The number of rotatable bonds is 10. The Morgan fingerprint density at radius 1 is 0.959 bits per heavy atom. The highest BCUT2D eigenvalue weighted by molar-refractivity contribution is 7.22. The molecule has 2 atom stereocenters. The molecule has 0 aliphatic carbocycles. The Hall–Kier alpha value is -4.74. The summed E-state index contributed by atoms with van der Waals surface area (Å²) in [6.07, 6.45) is 5.64. The Labute approximate surface area is 290 Å². The van der Waals surface area contributed by atoms with Crippen LogP contribution >= 0.6 is 11.3 Å². The van der Waals surface area contributed by atoms with Gasteiger partial charge in [0.15, 0.2) is 5.13 Å². The number of benzene rings is 3. The number of nitrogens with zero attached hydrogens (tertiary/aromatic N) is 6. The van der Waals surface area contributed by atoms with Gasteiger partial charge in [-0.15, -0.1) is 6.58 Å². The minimum absolute atomic E-state index is 0.0314. The highest BCUT2D eigenvalue weighted by Crippen LogP contribution is 2.35. The molecule has 3 fully saturated rings. The molecule has 49 heavy (non-hydrogen) atoms. The van der Waals surface area contributed by atoms with E-state index < -0.39 is 12.2 Å². The van der Waals surface area contributed by atoms with E-state index in [9.17, 15) is 19.5 Å². The molecule has 0 unspecified atom stereocenters. The summed E-state index contributed by atoms with van der Waals surface area (Å²) in [6.45, 7) is 6.66. The summed E-state index contributed by atoms with van der Waals surface area (Å²) < 4.78 is 1.08. The summed E-state index contributed by atoms with van der Waals surface area (Å²) in [5.74, 6) is -0.361. The number of phenols is 1. The standard InChI is InChI=1S/C38H42N6O4S/c1-2-20-42-26-35(47)43-31(23-28-14-17-30(45)18-15-28)37(48)41(25-33(43)44(42)34(46)19-16-27-10-5-3-6-11-27)24-29-12-9-13-32-36(29)39-38(49-32)40-21-7-4-8-22-40/h2-3,5-6,9-15,17-18,31,33,45H,1,4,7-8,16,19-26H2/t31-,33-/m0/s1. The Morgan fingerprint density at radius 2 is 1.73 bits per heavy atom. The van der Waals surface area contributed by atoms with Gasteiger partial charge in [-0.2, -0.15) is 0 Å². The smallest absolute Gasteiger partial charge is 0.246 e. The van der Waals surface area contributed by atoms with Crippen LogP contribution in [-0.4, -0.2) is 92.6 Å². The lowest BCUT2D eigenvalue weighted by Gasteiger charge is -2.55. The molecule has 3 aliphatic heterocycles. The van der Waals surface area contributed by atoms with Crippen LogP contribution in [0.5, 0.6) is 5.75 Å². The van der Waals surface area contributed by atoms with Crippen molar-refractivity contribution in [3.63, 3.8) is 0 Å². The predicted molar refractivity (Wildman–Crippen MR) is 191 cm³/mol. The lowest BCUT2D eigenvalue weighted by atomic mass is 9.98. The molecule has 7 rings (SSSR count). The van der Waals surface area contributed by atoms with E-state index in [0.29, 0.717) is 19.5 Å². The van der Waals surface area contributed by atoms with Crippen molar-refractivity contribution in [1.82, 2.24) is 24.8 Å². The van der Waals surface area contributed by atoms with Crippen LogP contribution in [-0.2, 0) is 33.8 Å². The van der Waals surface area contributed by atoms with Gasteiger partial charge in [0.25, 0.3) is 0 Å². The number of carbonyl (C=O) groups is 3. The van der Waals surface area contributed by atoms with Crippen molar-refractivity contribution in [2.45, 2.75) is 57.3 Å². The van der Waals surface area contributed by atoms with E-state index in [1.165, 1.54) is 6.42 Å². The summed E-state index contributed by atoms with van der Waals surface area (Å²) in [7, 11) is 0. The number of hydrogen-bond donors (Lipinski definition) is 1. The van der Waals surface area contributed by atoms with Gasteiger partial charge in [0.1, 0.15) is 18.0 Å².